The van der Waals surface area contributed by atoms with Crippen molar-refractivity contribution in [1.29, 1.82) is 0 Å². The van der Waals surface area contributed by atoms with Crippen LogP contribution < -0.4 is 10.1 Å². The third-order valence-electron chi connectivity index (χ3n) is 3.05. The van der Waals surface area contributed by atoms with E-state index in [1.165, 1.54) is 11.1 Å². The average Bonchev–Trinajstić information content (AvgIpc) is 2.40. The highest BCUT2D eigenvalue weighted by Crippen LogP contribution is 2.29. The molecule has 0 heterocycles. The van der Waals surface area contributed by atoms with E-state index in [9.17, 15) is 0 Å². The van der Waals surface area contributed by atoms with E-state index in [2.05, 4.69) is 24.4 Å². The summed E-state index contributed by atoms with van der Waals surface area (Å²) >= 11 is 6.22. The first-order valence-electron chi connectivity index (χ1n) is 6.31. The largest absolute Gasteiger partial charge is 0.487 e. The van der Waals surface area contributed by atoms with Crippen molar-refractivity contribution in [3.63, 3.8) is 0 Å². The van der Waals surface area contributed by atoms with Gasteiger partial charge in [-0.25, -0.2) is 0 Å². The van der Waals surface area contributed by atoms with Gasteiger partial charge in [0.25, 0.3) is 0 Å². The first-order valence-corrected chi connectivity index (χ1v) is 6.69. The van der Waals surface area contributed by atoms with E-state index < -0.39 is 0 Å². The summed E-state index contributed by atoms with van der Waals surface area (Å²) < 4.78 is 5.92. The van der Waals surface area contributed by atoms with Crippen molar-refractivity contribution in [2.24, 2.45) is 0 Å². The number of hydrogen-bond acceptors (Lipinski definition) is 2. The van der Waals surface area contributed by atoms with Crippen molar-refractivity contribution in [1.82, 2.24) is 5.32 Å². The molecule has 0 spiro atoms. The van der Waals surface area contributed by atoms with Gasteiger partial charge < -0.3 is 10.1 Å². The van der Waals surface area contributed by atoms with Crippen molar-refractivity contribution in [2.45, 2.75) is 20.1 Å². The third kappa shape index (κ3) is 3.49. The van der Waals surface area contributed by atoms with Crippen LogP contribution in [0.3, 0.4) is 0 Å². The van der Waals surface area contributed by atoms with Crippen LogP contribution in [0.1, 0.15) is 16.7 Å². The highest BCUT2D eigenvalue weighted by Gasteiger charge is 2.08. The van der Waals surface area contributed by atoms with Gasteiger partial charge in [-0.05, 0) is 31.2 Å². The molecule has 2 aromatic carbocycles. The van der Waals surface area contributed by atoms with Crippen LogP contribution in [0, 0.1) is 6.92 Å². The van der Waals surface area contributed by atoms with Gasteiger partial charge >= 0.3 is 0 Å². The summed E-state index contributed by atoms with van der Waals surface area (Å²) in [5.74, 6) is 0.766. The maximum absolute atomic E-state index is 6.22. The molecule has 0 fully saturated rings. The zero-order valence-corrected chi connectivity index (χ0v) is 12.0. The average molecular weight is 276 g/mol. The topological polar surface area (TPSA) is 21.3 Å². The number of ether oxygens (including phenoxy) is 1. The van der Waals surface area contributed by atoms with E-state index >= 15 is 0 Å². The summed E-state index contributed by atoms with van der Waals surface area (Å²) in [6.45, 7) is 3.36. The zero-order valence-electron chi connectivity index (χ0n) is 11.2. The molecule has 0 saturated carbocycles. The second-order valence-electron chi connectivity index (χ2n) is 4.47. The molecular formula is C16H18ClNO. The molecule has 0 aliphatic carbocycles. The van der Waals surface area contributed by atoms with Crippen LogP contribution in [0.4, 0.5) is 0 Å². The SMILES string of the molecule is CNCc1cccc(Cl)c1OCc1ccccc1C. The fraction of sp³-hybridized carbons (Fsp3) is 0.250. The number of hydrogen-bond donors (Lipinski definition) is 1. The van der Waals surface area contributed by atoms with Crippen LogP contribution in [0.15, 0.2) is 42.5 Å². The van der Waals surface area contributed by atoms with Gasteiger partial charge in [-0.2, -0.15) is 0 Å². The van der Waals surface area contributed by atoms with Crippen molar-refractivity contribution < 1.29 is 4.74 Å². The maximum atomic E-state index is 6.22. The minimum atomic E-state index is 0.535. The van der Waals surface area contributed by atoms with E-state index in [0.717, 1.165) is 17.9 Å². The summed E-state index contributed by atoms with van der Waals surface area (Å²) in [5.41, 5.74) is 3.48. The Bertz CT molecular complexity index is 554. The molecule has 1 N–H and O–H groups in total. The van der Waals surface area contributed by atoms with Crippen molar-refractivity contribution >= 4 is 11.6 Å². The maximum Gasteiger partial charge on any atom is 0.142 e. The monoisotopic (exact) mass is 275 g/mol. The lowest BCUT2D eigenvalue weighted by Crippen LogP contribution is -2.08. The zero-order chi connectivity index (χ0) is 13.7. The van der Waals surface area contributed by atoms with Crippen molar-refractivity contribution in [3.8, 4) is 5.75 Å². The van der Waals surface area contributed by atoms with Crippen LogP contribution in [-0.2, 0) is 13.2 Å². The molecule has 19 heavy (non-hydrogen) atoms. The Morgan fingerprint density at radius 3 is 2.53 bits per heavy atom. The number of rotatable bonds is 5. The number of aryl methyl sites for hydroxylation is 1. The third-order valence-corrected chi connectivity index (χ3v) is 3.35. The standard InChI is InChI=1S/C16H18ClNO/c1-12-6-3-4-7-14(12)11-19-16-13(10-18-2)8-5-9-15(16)17/h3-9,18H,10-11H2,1-2H3. The molecular weight excluding hydrogens is 258 g/mol. The highest BCUT2D eigenvalue weighted by atomic mass is 35.5. The van der Waals surface area contributed by atoms with Crippen molar-refractivity contribution in [2.75, 3.05) is 7.05 Å². The van der Waals surface area contributed by atoms with Crippen LogP contribution in [0.5, 0.6) is 5.75 Å². The molecule has 100 valence electrons. The minimum Gasteiger partial charge on any atom is -0.487 e. The smallest absolute Gasteiger partial charge is 0.142 e. The van der Waals surface area contributed by atoms with E-state index in [0.29, 0.717) is 11.6 Å². The Labute approximate surface area is 119 Å². The van der Waals surface area contributed by atoms with Gasteiger partial charge in [0.2, 0.25) is 0 Å². The van der Waals surface area contributed by atoms with Gasteiger partial charge in [0.15, 0.2) is 0 Å². The molecule has 2 aromatic rings. The molecule has 0 atom stereocenters. The quantitative estimate of drug-likeness (QED) is 0.892. The Morgan fingerprint density at radius 1 is 1.05 bits per heavy atom. The lowest BCUT2D eigenvalue weighted by molar-refractivity contribution is 0.302. The molecule has 0 unspecified atom stereocenters. The molecule has 0 radical (unpaired) electrons. The number of benzene rings is 2. The first kappa shape index (κ1) is 13.9. The first-order chi connectivity index (χ1) is 9.22. The van der Waals surface area contributed by atoms with Crippen molar-refractivity contribution in [3.05, 3.63) is 64.2 Å². The highest BCUT2D eigenvalue weighted by molar-refractivity contribution is 6.32. The Morgan fingerprint density at radius 2 is 1.79 bits per heavy atom. The number of nitrogens with one attached hydrogen (secondary N) is 1. The Kier molecular flexibility index (Phi) is 4.83. The molecule has 0 amide bonds. The van der Waals surface area contributed by atoms with Gasteiger partial charge in [-0.3, -0.25) is 0 Å². The normalized spacial score (nSPS) is 10.5. The van der Waals surface area contributed by atoms with E-state index in [1.54, 1.807) is 0 Å². The Balaban J connectivity index is 2.17. The van der Waals surface area contributed by atoms with Gasteiger partial charge in [0.1, 0.15) is 12.4 Å². The van der Waals surface area contributed by atoms with Crippen LogP contribution in [0.2, 0.25) is 5.02 Å². The molecule has 2 nitrogen and oxygen atoms in total. The van der Waals surface area contributed by atoms with Gasteiger partial charge in [0, 0.05) is 12.1 Å². The van der Waals surface area contributed by atoms with Gasteiger partial charge in [-0.15, -0.1) is 0 Å². The van der Waals surface area contributed by atoms with Crippen LogP contribution in [-0.4, -0.2) is 7.05 Å². The molecule has 0 aliphatic rings. The van der Waals surface area contributed by atoms with Gasteiger partial charge in [-0.1, -0.05) is 48.0 Å². The van der Waals surface area contributed by atoms with Crippen LogP contribution in [0.25, 0.3) is 0 Å². The predicted molar refractivity (Wildman–Crippen MR) is 79.7 cm³/mol. The summed E-state index contributed by atoms with van der Waals surface area (Å²) in [7, 11) is 1.91. The molecule has 0 bridgehead atoms. The van der Waals surface area contributed by atoms with E-state index in [1.807, 2.05) is 37.4 Å². The molecule has 0 aromatic heterocycles. The molecule has 2 rings (SSSR count). The summed E-state index contributed by atoms with van der Waals surface area (Å²) in [4.78, 5) is 0. The number of para-hydroxylation sites is 1. The molecule has 0 saturated heterocycles. The van der Waals surface area contributed by atoms with E-state index in [4.69, 9.17) is 16.3 Å². The summed E-state index contributed by atoms with van der Waals surface area (Å²) in [6.07, 6.45) is 0. The lowest BCUT2D eigenvalue weighted by Gasteiger charge is -2.14. The fourth-order valence-electron chi connectivity index (χ4n) is 1.97. The second kappa shape index (κ2) is 6.60. The predicted octanol–water partition coefficient (Wildman–Crippen LogP) is 3.95. The summed E-state index contributed by atoms with van der Waals surface area (Å²) in [5, 5.41) is 3.78. The second-order valence-corrected chi connectivity index (χ2v) is 4.88. The molecule has 0 aliphatic heterocycles. The Hall–Kier alpha value is -1.51. The number of halogens is 1. The van der Waals surface area contributed by atoms with Crippen LogP contribution >= 0.6 is 11.6 Å². The summed E-state index contributed by atoms with van der Waals surface area (Å²) in [6, 6.07) is 14.0. The fourth-order valence-corrected chi connectivity index (χ4v) is 2.22. The van der Waals surface area contributed by atoms with E-state index in [-0.39, 0.29) is 0 Å². The minimum absolute atomic E-state index is 0.535. The van der Waals surface area contributed by atoms with Gasteiger partial charge in [0.05, 0.1) is 5.02 Å². The molecule has 3 heteroatoms. The lowest BCUT2D eigenvalue weighted by atomic mass is 10.1.